The number of hydrogen-bond acceptors (Lipinski definition) is 7. The van der Waals surface area contributed by atoms with Gasteiger partial charge < -0.3 is 20.4 Å². The van der Waals surface area contributed by atoms with Gasteiger partial charge in [0.25, 0.3) is 0 Å². The maximum absolute atomic E-state index is 12.3. The number of benzene rings is 2. The molecule has 166 valence electrons. The molecule has 0 amide bonds. The van der Waals surface area contributed by atoms with Crippen LogP contribution in [0.3, 0.4) is 0 Å². The molecular formula is C25H23N5O3. The van der Waals surface area contributed by atoms with Gasteiger partial charge in [-0.1, -0.05) is 48.5 Å². The smallest absolute Gasteiger partial charge is 0.164 e. The molecule has 2 aromatic carbocycles. The number of aldehydes is 1. The van der Waals surface area contributed by atoms with E-state index in [9.17, 15) is 9.90 Å². The Bertz CT molecular complexity index is 1350. The number of hydrogen-bond donors (Lipinski definition) is 2. The third-order valence-electron chi connectivity index (χ3n) is 5.82. The lowest BCUT2D eigenvalue weighted by molar-refractivity contribution is -0.108. The fourth-order valence-electron chi connectivity index (χ4n) is 4.34. The van der Waals surface area contributed by atoms with E-state index >= 15 is 0 Å². The van der Waals surface area contributed by atoms with Crippen LogP contribution in [0.2, 0.25) is 0 Å². The van der Waals surface area contributed by atoms with Crippen LogP contribution in [0.1, 0.15) is 29.2 Å². The molecule has 3 N–H and O–H groups in total. The van der Waals surface area contributed by atoms with Gasteiger partial charge in [0.1, 0.15) is 36.5 Å². The highest BCUT2D eigenvalue weighted by Crippen LogP contribution is 2.43. The molecule has 1 aliphatic rings. The van der Waals surface area contributed by atoms with E-state index in [0.29, 0.717) is 41.2 Å². The lowest BCUT2D eigenvalue weighted by Gasteiger charge is -2.28. The molecule has 0 spiro atoms. The summed E-state index contributed by atoms with van der Waals surface area (Å²) in [5.41, 5.74) is 9.99. The summed E-state index contributed by atoms with van der Waals surface area (Å²) >= 11 is 0. The maximum atomic E-state index is 12.3. The number of para-hydroxylation sites is 1. The largest absolute Gasteiger partial charge is 0.459 e. The number of ether oxygens (including phenoxy) is 1. The molecule has 8 nitrogen and oxygen atoms in total. The Balaban J connectivity index is 1.67. The van der Waals surface area contributed by atoms with Gasteiger partial charge in [-0.3, -0.25) is 0 Å². The highest BCUT2D eigenvalue weighted by atomic mass is 16.5. The molecule has 1 unspecified atom stereocenters. The van der Waals surface area contributed by atoms with Crippen LogP contribution in [0.15, 0.2) is 66.7 Å². The summed E-state index contributed by atoms with van der Waals surface area (Å²) in [5, 5.41) is 14.7. The highest BCUT2D eigenvalue weighted by molar-refractivity contribution is 5.91. The lowest BCUT2D eigenvalue weighted by atomic mass is 9.84. The number of carbonyl (C=O) groups is 1. The summed E-state index contributed by atoms with van der Waals surface area (Å²) in [4.78, 5) is 20.8. The van der Waals surface area contributed by atoms with Gasteiger partial charge in [-0.25, -0.2) is 14.6 Å². The zero-order chi connectivity index (χ0) is 22.8. The Morgan fingerprint density at radius 2 is 1.88 bits per heavy atom. The number of rotatable bonds is 7. The lowest BCUT2D eigenvalue weighted by Crippen LogP contribution is -2.20. The van der Waals surface area contributed by atoms with Gasteiger partial charge in [0.2, 0.25) is 0 Å². The van der Waals surface area contributed by atoms with Crippen LogP contribution >= 0.6 is 0 Å². The molecule has 1 aliphatic heterocycles. The molecule has 0 aliphatic carbocycles. The summed E-state index contributed by atoms with van der Waals surface area (Å²) in [5.74, 6) is 1.14. The van der Waals surface area contributed by atoms with Gasteiger partial charge in [0.15, 0.2) is 5.65 Å². The number of aromatic nitrogens is 4. The molecule has 4 aromatic rings. The quantitative estimate of drug-likeness (QED) is 0.423. The van der Waals surface area contributed by atoms with E-state index in [4.69, 9.17) is 15.6 Å². The highest BCUT2D eigenvalue weighted by Gasteiger charge is 2.31. The minimum atomic E-state index is -0.470. The first kappa shape index (κ1) is 20.8. The Labute approximate surface area is 190 Å². The van der Waals surface area contributed by atoms with Crippen LogP contribution in [0.5, 0.6) is 5.75 Å². The molecule has 33 heavy (non-hydrogen) atoms. The Hall–Kier alpha value is -4.04. The van der Waals surface area contributed by atoms with Gasteiger partial charge in [0, 0.05) is 17.7 Å². The van der Waals surface area contributed by atoms with E-state index in [0.717, 1.165) is 28.7 Å². The topological polar surface area (TPSA) is 116 Å². The summed E-state index contributed by atoms with van der Waals surface area (Å²) < 4.78 is 8.08. The Morgan fingerprint density at radius 3 is 2.67 bits per heavy atom. The SMILES string of the molecule is Nc1ncnc2c1c(CCCO)nn2CC1=C(c2ccccc2)C(C=O)c2ccccc2O1. The second kappa shape index (κ2) is 8.84. The Kier molecular flexibility index (Phi) is 5.58. The molecule has 0 saturated heterocycles. The van der Waals surface area contributed by atoms with Gasteiger partial charge in [0.05, 0.1) is 17.0 Å². The number of fused-ring (bicyclic) bond motifs is 2. The Morgan fingerprint density at radius 1 is 1.09 bits per heavy atom. The third kappa shape index (κ3) is 3.74. The van der Waals surface area contributed by atoms with E-state index in [1.54, 1.807) is 4.68 Å². The molecule has 2 aromatic heterocycles. The van der Waals surface area contributed by atoms with E-state index < -0.39 is 5.92 Å². The van der Waals surface area contributed by atoms with Crippen LogP contribution in [0.25, 0.3) is 16.6 Å². The molecule has 0 bridgehead atoms. The fourth-order valence-corrected chi connectivity index (χ4v) is 4.34. The normalized spacial score (nSPS) is 15.4. The number of carbonyl (C=O) groups excluding carboxylic acids is 1. The molecule has 0 radical (unpaired) electrons. The van der Waals surface area contributed by atoms with Crippen molar-refractivity contribution in [1.82, 2.24) is 19.7 Å². The number of aryl methyl sites for hydroxylation is 1. The molecule has 0 saturated carbocycles. The zero-order valence-electron chi connectivity index (χ0n) is 17.9. The van der Waals surface area contributed by atoms with E-state index in [1.807, 2.05) is 54.6 Å². The molecule has 0 fully saturated rings. The third-order valence-corrected chi connectivity index (χ3v) is 5.82. The number of anilines is 1. The first-order valence-corrected chi connectivity index (χ1v) is 10.8. The average Bonchev–Trinajstić information content (AvgIpc) is 3.20. The number of aliphatic hydroxyl groups excluding tert-OH is 1. The van der Waals surface area contributed by atoms with E-state index in [2.05, 4.69) is 9.97 Å². The van der Waals surface area contributed by atoms with Crippen molar-refractivity contribution >= 4 is 28.7 Å². The molecule has 1 atom stereocenters. The standard InChI is InChI=1S/C25H23N5O3/c26-24-23-19(10-6-12-31)29-30(25(23)28-15-27-24)13-21-22(16-7-2-1-3-8-16)18(14-32)17-9-4-5-11-20(17)33-21/h1-5,7-9,11,14-15,18,31H,6,10,12-13H2,(H2,26,27,28). The van der Waals surface area contributed by atoms with Gasteiger partial charge in [-0.2, -0.15) is 5.10 Å². The second-order valence-corrected chi connectivity index (χ2v) is 7.85. The second-order valence-electron chi connectivity index (χ2n) is 7.85. The summed E-state index contributed by atoms with van der Waals surface area (Å²) in [6, 6.07) is 17.3. The summed E-state index contributed by atoms with van der Waals surface area (Å²) in [6.45, 7) is 0.307. The fraction of sp³-hybridized carbons (Fsp3) is 0.200. The van der Waals surface area contributed by atoms with Gasteiger partial charge in [-0.05, 0) is 24.5 Å². The van der Waals surface area contributed by atoms with Gasteiger partial charge >= 0.3 is 0 Å². The zero-order valence-corrected chi connectivity index (χ0v) is 17.9. The maximum Gasteiger partial charge on any atom is 0.164 e. The van der Waals surface area contributed by atoms with Crippen LogP contribution < -0.4 is 10.5 Å². The summed E-state index contributed by atoms with van der Waals surface area (Å²) in [6.07, 6.45) is 3.46. The van der Waals surface area contributed by atoms with E-state index in [-0.39, 0.29) is 13.2 Å². The first-order valence-electron chi connectivity index (χ1n) is 10.8. The van der Waals surface area contributed by atoms with E-state index in [1.165, 1.54) is 6.33 Å². The number of nitrogen functional groups attached to an aromatic ring is 1. The number of nitrogens with zero attached hydrogens (tertiary/aromatic N) is 4. The molecular weight excluding hydrogens is 418 g/mol. The number of aliphatic hydroxyl groups is 1. The van der Waals surface area contributed by atoms with Crippen LogP contribution in [-0.4, -0.2) is 37.7 Å². The average molecular weight is 441 g/mol. The predicted molar refractivity (Wildman–Crippen MR) is 124 cm³/mol. The minimum absolute atomic E-state index is 0.0478. The van der Waals surface area contributed by atoms with Crippen LogP contribution in [-0.2, 0) is 17.8 Å². The van der Waals surface area contributed by atoms with Crippen molar-refractivity contribution in [3.8, 4) is 5.75 Å². The number of allylic oxidation sites excluding steroid dienone is 2. The van der Waals surface area contributed by atoms with Crippen molar-refractivity contribution in [3.63, 3.8) is 0 Å². The monoisotopic (exact) mass is 441 g/mol. The molecule has 5 rings (SSSR count). The van der Waals surface area contributed by atoms with Crippen molar-refractivity contribution in [2.75, 3.05) is 12.3 Å². The summed E-state index contributed by atoms with van der Waals surface area (Å²) in [7, 11) is 0. The first-order chi connectivity index (χ1) is 16.2. The van der Waals surface area contributed by atoms with Crippen molar-refractivity contribution < 1.29 is 14.6 Å². The van der Waals surface area contributed by atoms with Gasteiger partial charge in [-0.15, -0.1) is 0 Å². The van der Waals surface area contributed by atoms with Crippen LogP contribution in [0.4, 0.5) is 5.82 Å². The van der Waals surface area contributed by atoms with Crippen molar-refractivity contribution in [1.29, 1.82) is 0 Å². The number of nitrogens with two attached hydrogens (primary N) is 1. The molecule has 8 heteroatoms. The van der Waals surface area contributed by atoms with Crippen molar-refractivity contribution in [2.24, 2.45) is 0 Å². The predicted octanol–water partition coefficient (Wildman–Crippen LogP) is 3.12. The van der Waals surface area contributed by atoms with Crippen molar-refractivity contribution in [2.45, 2.75) is 25.3 Å². The van der Waals surface area contributed by atoms with Crippen molar-refractivity contribution in [3.05, 3.63) is 83.5 Å². The minimum Gasteiger partial charge on any atom is -0.459 e. The van der Waals surface area contributed by atoms with Crippen LogP contribution in [0, 0.1) is 0 Å². The molecule has 3 heterocycles.